The molecule has 0 saturated heterocycles. The van der Waals surface area contributed by atoms with E-state index in [0.717, 1.165) is 31.7 Å². The van der Waals surface area contributed by atoms with E-state index in [9.17, 15) is 9.18 Å². The van der Waals surface area contributed by atoms with Crippen molar-refractivity contribution in [3.8, 4) is 0 Å². The number of rotatable bonds is 6. The quantitative estimate of drug-likeness (QED) is 0.557. The summed E-state index contributed by atoms with van der Waals surface area (Å²) in [5, 5.41) is 6.19. The van der Waals surface area contributed by atoms with Gasteiger partial charge in [0.25, 0.3) is 5.91 Å². The molecular weight excluding hydrogens is 399 g/mol. The number of nitrogens with two attached hydrogens (primary N) is 2. The van der Waals surface area contributed by atoms with E-state index in [2.05, 4.69) is 30.6 Å². The zero-order valence-electron chi connectivity index (χ0n) is 17.0. The monoisotopic (exact) mass is 424 g/mol. The fraction of sp³-hybridized carbons (Fsp3) is 0.381. The Labute approximate surface area is 179 Å². The number of aliphatic imine (C=N–C) groups is 1. The largest absolute Gasteiger partial charge is 0.365 e. The Hall–Kier alpha value is -3.40. The number of amides is 1. The van der Waals surface area contributed by atoms with Crippen LogP contribution in [-0.4, -0.2) is 39.2 Å². The van der Waals surface area contributed by atoms with Crippen LogP contribution in [0.2, 0.25) is 0 Å². The first kappa shape index (κ1) is 20.9. The van der Waals surface area contributed by atoms with Crippen LogP contribution in [0.25, 0.3) is 0 Å². The zero-order chi connectivity index (χ0) is 21.8. The van der Waals surface area contributed by atoms with Gasteiger partial charge in [0.1, 0.15) is 11.6 Å². The van der Waals surface area contributed by atoms with E-state index < -0.39 is 11.7 Å². The van der Waals surface area contributed by atoms with E-state index in [4.69, 9.17) is 11.5 Å². The molecule has 2 aliphatic rings. The van der Waals surface area contributed by atoms with E-state index in [1.807, 2.05) is 0 Å². The van der Waals surface area contributed by atoms with Gasteiger partial charge >= 0.3 is 0 Å². The van der Waals surface area contributed by atoms with Gasteiger partial charge < -0.3 is 22.1 Å². The number of pyridine rings is 1. The Morgan fingerprint density at radius 2 is 1.94 bits per heavy atom. The van der Waals surface area contributed by atoms with E-state index >= 15 is 0 Å². The highest BCUT2D eigenvalue weighted by atomic mass is 19.1. The molecule has 0 spiro atoms. The number of aromatic nitrogens is 3. The Balaban J connectivity index is 1.57. The molecule has 6 N–H and O–H groups in total. The van der Waals surface area contributed by atoms with Crippen molar-refractivity contribution in [1.82, 2.24) is 15.0 Å². The Bertz CT molecular complexity index is 1010. The molecule has 0 bridgehead atoms. The van der Waals surface area contributed by atoms with Crippen LogP contribution in [0.5, 0.6) is 0 Å². The molecule has 31 heavy (non-hydrogen) atoms. The molecule has 1 amide bonds. The van der Waals surface area contributed by atoms with Gasteiger partial charge in [0.15, 0.2) is 11.6 Å². The lowest BCUT2D eigenvalue weighted by molar-refractivity contribution is 0.100. The van der Waals surface area contributed by atoms with E-state index in [1.54, 1.807) is 30.9 Å². The number of nitrogens with zero attached hydrogens (tertiary/aromatic N) is 4. The van der Waals surface area contributed by atoms with Gasteiger partial charge in [-0.15, -0.1) is 0 Å². The van der Waals surface area contributed by atoms with Gasteiger partial charge in [-0.1, -0.05) is 12.8 Å². The highest BCUT2D eigenvalue weighted by Crippen LogP contribution is 2.28. The second-order valence-electron chi connectivity index (χ2n) is 7.77. The number of allylic oxidation sites excluding steroid dienone is 1. The second-order valence-corrected chi connectivity index (χ2v) is 7.77. The number of primary amides is 1. The molecule has 9 nitrogen and oxygen atoms in total. The van der Waals surface area contributed by atoms with Gasteiger partial charge in [-0.25, -0.2) is 19.3 Å². The molecule has 3 atom stereocenters. The van der Waals surface area contributed by atoms with Crippen LogP contribution in [-0.2, 0) is 0 Å². The van der Waals surface area contributed by atoms with Crippen LogP contribution in [0, 0.1) is 5.82 Å². The number of halogens is 1. The normalized spacial score (nSPS) is 23.2. The number of nitrogens with one attached hydrogen (secondary N) is 2. The van der Waals surface area contributed by atoms with Crippen molar-refractivity contribution in [3.05, 3.63) is 53.6 Å². The van der Waals surface area contributed by atoms with Crippen LogP contribution in [0.4, 0.5) is 16.0 Å². The summed E-state index contributed by atoms with van der Waals surface area (Å²) in [6, 6.07) is 2.68. The van der Waals surface area contributed by atoms with Crippen molar-refractivity contribution >= 4 is 23.8 Å². The van der Waals surface area contributed by atoms with Crippen LogP contribution < -0.4 is 22.1 Å². The summed E-state index contributed by atoms with van der Waals surface area (Å²) >= 11 is 0. The van der Waals surface area contributed by atoms with Crippen LogP contribution >= 0.6 is 0 Å². The summed E-state index contributed by atoms with van der Waals surface area (Å²) in [7, 11) is 0. The van der Waals surface area contributed by atoms with Crippen LogP contribution in [0.3, 0.4) is 0 Å². The highest BCUT2D eigenvalue weighted by molar-refractivity contribution is 5.98. The summed E-state index contributed by atoms with van der Waals surface area (Å²) in [6.07, 6.45) is 11.0. The third-order valence-electron chi connectivity index (χ3n) is 5.52. The molecule has 0 aromatic carbocycles. The number of anilines is 2. The maximum absolute atomic E-state index is 14.7. The number of carbonyl (C=O) groups excluding carboxylic acids is 1. The van der Waals surface area contributed by atoms with Gasteiger partial charge in [0.05, 0.1) is 11.5 Å². The van der Waals surface area contributed by atoms with Crippen molar-refractivity contribution in [1.29, 1.82) is 0 Å². The minimum Gasteiger partial charge on any atom is -0.365 e. The Morgan fingerprint density at radius 1 is 1.16 bits per heavy atom. The van der Waals surface area contributed by atoms with Crippen molar-refractivity contribution in [2.75, 3.05) is 10.6 Å². The predicted molar refractivity (Wildman–Crippen MR) is 116 cm³/mol. The lowest BCUT2D eigenvalue weighted by atomic mass is 9.91. The fourth-order valence-corrected chi connectivity index (χ4v) is 3.86. The molecule has 3 heterocycles. The Kier molecular flexibility index (Phi) is 6.17. The predicted octanol–water partition coefficient (Wildman–Crippen LogP) is 2.30. The third kappa shape index (κ3) is 4.85. The first-order valence-corrected chi connectivity index (χ1v) is 10.3. The average Bonchev–Trinajstić information content (AvgIpc) is 2.78. The minimum absolute atomic E-state index is 0.0395. The molecule has 10 heteroatoms. The van der Waals surface area contributed by atoms with E-state index in [0.29, 0.717) is 17.9 Å². The second kappa shape index (κ2) is 9.17. The lowest BCUT2D eigenvalue weighted by Crippen LogP contribution is -2.43. The fourth-order valence-electron chi connectivity index (χ4n) is 3.86. The smallest absolute Gasteiger partial charge is 0.252 e. The summed E-state index contributed by atoms with van der Waals surface area (Å²) in [5.74, 6) is -0.728. The number of carbonyl (C=O) groups is 1. The summed E-state index contributed by atoms with van der Waals surface area (Å²) < 4.78 is 14.7. The Morgan fingerprint density at radius 3 is 2.68 bits per heavy atom. The molecule has 0 radical (unpaired) electrons. The molecule has 1 aliphatic carbocycles. The molecular formula is C21H25FN8O. The lowest BCUT2D eigenvalue weighted by Gasteiger charge is -2.30. The molecule has 1 fully saturated rings. The van der Waals surface area contributed by atoms with E-state index in [1.165, 1.54) is 0 Å². The summed E-state index contributed by atoms with van der Waals surface area (Å²) in [4.78, 5) is 29.0. The molecule has 4 rings (SSSR count). The van der Waals surface area contributed by atoms with Gasteiger partial charge in [-0.05, 0) is 25.0 Å². The SMILES string of the molecule is NC(=O)c1cc(F)c(N[C@@H]2CCCC[C@@H]2N)nc1NC1=CN=CC(c2ncccn2)C1. The third-order valence-corrected chi connectivity index (χ3v) is 5.52. The molecule has 2 aromatic heterocycles. The van der Waals surface area contributed by atoms with Gasteiger partial charge in [-0.3, -0.25) is 9.79 Å². The topological polar surface area (TPSA) is 144 Å². The van der Waals surface area contributed by atoms with Crippen molar-refractivity contribution < 1.29 is 9.18 Å². The summed E-state index contributed by atoms with van der Waals surface area (Å²) in [5.41, 5.74) is 12.3. The maximum atomic E-state index is 14.7. The van der Waals surface area contributed by atoms with Crippen LogP contribution in [0.15, 0.2) is 41.4 Å². The first-order valence-electron chi connectivity index (χ1n) is 10.3. The number of hydrogen-bond donors (Lipinski definition) is 4. The van der Waals surface area contributed by atoms with Gasteiger partial charge in [0, 0.05) is 49.0 Å². The van der Waals surface area contributed by atoms with E-state index in [-0.39, 0.29) is 35.2 Å². The zero-order valence-corrected chi connectivity index (χ0v) is 17.0. The molecule has 1 unspecified atom stereocenters. The molecule has 162 valence electrons. The van der Waals surface area contributed by atoms with Crippen molar-refractivity contribution in [2.45, 2.75) is 50.1 Å². The molecule has 1 aliphatic heterocycles. The molecule has 1 saturated carbocycles. The highest BCUT2D eigenvalue weighted by Gasteiger charge is 2.25. The minimum atomic E-state index is -0.780. The maximum Gasteiger partial charge on any atom is 0.252 e. The first-order chi connectivity index (χ1) is 15.0. The van der Waals surface area contributed by atoms with Gasteiger partial charge in [-0.2, -0.15) is 0 Å². The summed E-state index contributed by atoms with van der Waals surface area (Å²) in [6.45, 7) is 0. The standard InChI is InChI=1S/C21H25FN8O/c22-15-9-14(18(24)31)20(30-21(15)29-17-5-2-1-4-16(17)23)28-13-8-12(10-25-11-13)19-26-6-3-7-27-19/h3,6-7,9-12,16-17H,1-2,4-5,8,23H2,(H2,24,31)(H2,28,29,30)/t12?,16-,17+/m0/s1. The van der Waals surface area contributed by atoms with Crippen molar-refractivity contribution in [2.24, 2.45) is 16.5 Å². The van der Waals surface area contributed by atoms with Crippen molar-refractivity contribution in [3.63, 3.8) is 0 Å². The van der Waals surface area contributed by atoms with Crippen LogP contribution in [0.1, 0.15) is 54.2 Å². The average molecular weight is 424 g/mol. The molecule has 2 aromatic rings. The van der Waals surface area contributed by atoms with Gasteiger partial charge in [0.2, 0.25) is 0 Å². The number of hydrogen-bond acceptors (Lipinski definition) is 8.